The first-order chi connectivity index (χ1) is 2.27. The van der Waals surface area contributed by atoms with Crippen molar-refractivity contribution in [2.45, 2.75) is 7.43 Å². The monoisotopic (exact) mass is 146 g/mol. The van der Waals surface area contributed by atoms with E-state index in [4.69, 9.17) is 34.8 Å². The van der Waals surface area contributed by atoms with Crippen LogP contribution < -0.4 is 0 Å². The zero-order valence-corrected chi connectivity index (χ0v) is 4.48. The smallest absolute Gasteiger partial charge is 0.0904 e. The molecule has 0 radical (unpaired) electrons. The predicted octanol–water partition coefficient (Wildman–Crippen LogP) is 3.14. The molecule has 38 valence electrons. The molecule has 0 saturated heterocycles. The summed E-state index contributed by atoms with van der Waals surface area (Å²) < 4.78 is 0.0895. The van der Waals surface area contributed by atoms with E-state index in [1.807, 2.05) is 0 Å². The minimum atomic E-state index is 0. The Labute approximate surface area is 52.7 Å². The molecule has 0 aliphatic carbocycles. The minimum absolute atomic E-state index is 0. The van der Waals surface area contributed by atoms with E-state index < -0.39 is 0 Å². The quantitative estimate of drug-likeness (QED) is 0.494. The molecule has 0 N–H and O–H groups in total. The first-order valence-corrected chi connectivity index (χ1v) is 2.08. The Morgan fingerprint density at radius 2 is 1.50 bits per heavy atom. The van der Waals surface area contributed by atoms with Crippen molar-refractivity contribution in [1.82, 2.24) is 0 Å². The molecule has 6 heavy (non-hydrogen) atoms. The van der Waals surface area contributed by atoms with E-state index in [1.165, 1.54) is 0 Å². The number of hydrogen-bond acceptors (Lipinski definition) is 0. The van der Waals surface area contributed by atoms with Crippen LogP contribution in [0.2, 0.25) is 0 Å². The molecule has 3 heteroatoms. The molecule has 0 spiro atoms. The maximum Gasteiger partial charge on any atom is 0.118 e. The van der Waals surface area contributed by atoms with Crippen LogP contribution in [0.15, 0.2) is 10.0 Å². The van der Waals surface area contributed by atoms with Gasteiger partial charge >= 0.3 is 0 Å². The summed E-state index contributed by atoms with van der Waals surface area (Å²) in [4.78, 5) is 0. The third-order valence-electron chi connectivity index (χ3n) is 0.0825. The largest absolute Gasteiger partial charge is 0.118 e. The van der Waals surface area contributed by atoms with E-state index in [2.05, 4.69) is 0 Å². The Bertz CT molecular complexity index is 44.0. The van der Waals surface area contributed by atoms with Crippen molar-refractivity contribution < 1.29 is 0 Å². The summed E-state index contributed by atoms with van der Waals surface area (Å²) in [6.07, 6.45) is 0. The maximum absolute atomic E-state index is 4.96. The third-order valence-corrected chi connectivity index (χ3v) is 0.742. The molecule has 0 nitrogen and oxygen atoms in total. The first-order valence-electron chi connectivity index (χ1n) is 0.885. The standard InChI is InChI=1S/C2HCl3.CH4/c3-1-2(4)5;/h1H;1H4. The van der Waals surface area contributed by atoms with Gasteiger partial charge in [0.15, 0.2) is 0 Å². The summed E-state index contributed by atoms with van der Waals surface area (Å²) in [7, 11) is 0. The molecule has 0 unspecified atom stereocenters. The van der Waals surface area contributed by atoms with E-state index >= 15 is 0 Å². The predicted molar refractivity (Wildman–Crippen MR) is 32.4 cm³/mol. The van der Waals surface area contributed by atoms with Crippen LogP contribution in [0.1, 0.15) is 7.43 Å². The van der Waals surface area contributed by atoms with E-state index in [1.54, 1.807) is 0 Å². The summed E-state index contributed by atoms with van der Waals surface area (Å²) in [6, 6.07) is 0. The molecule has 0 rings (SSSR count). The average molecular weight is 147 g/mol. The minimum Gasteiger partial charge on any atom is -0.0904 e. The number of rotatable bonds is 0. The highest BCUT2D eigenvalue weighted by atomic mass is 35.5. The fraction of sp³-hybridized carbons (Fsp3) is 0.333. The summed E-state index contributed by atoms with van der Waals surface area (Å²) in [6.45, 7) is 0. The molecule has 0 amide bonds. The zero-order chi connectivity index (χ0) is 4.28. The van der Waals surface area contributed by atoms with Gasteiger partial charge in [0.05, 0.1) is 0 Å². The van der Waals surface area contributed by atoms with Gasteiger partial charge in [-0.05, 0) is 0 Å². The van der Waals surface area contributed by atoms with Crippen LogP contribution in [0.3, 0.4) is 0 Å². The lowest BCUT2D eigenvalue weighted by Gasteiger charge is -1.64. The topological polar surface area (TPSA) is 0 Å². The van der Waals surface area contributed by atoms with Crippen molar-refractivity contribution in [2.75, 3.05) is 0 Å². The maximum atomic E-state index is 4.96. The van der Waals surface area contributed by atoms with Gasteiger partial charge in [-0.15, -0.1) is 0 Å². The zero-order valence-electron chi connectivity index (χ0n) is 2.21. The van der Waals surface area contributed by atoms with Crippen molar-refractivity contribution in [3.63, 3.8) is 0 Å². The molecular formula is C3H5Cl3. The summed E-state index contributed by atoms with van der Waals surface area (Å²) >= 11 is 14.8. The first kappa shape index (κ1) is 9.79. The van der Waals surface area contributed by atoms with Crippen LogP contribution in [0, 0.1) is 0 Å². The molecule has 0 saturated carbocycles. The Kier molecular flexibility index (Phi) is 9.15. The molecule has 0 aromatic heterocycles. The number of halogens is 3. The highest BCUT2D eigenvalue weighted by molar-refractivity contribution is 6.58. The van der Waals surface area contributed by atoms with Gasteiger partial charge in [0.1, 0.15) is 4.49 Å². The number of hydrogen-bond donors (Lipinski definition) is 0. The SMILES string of the molecule is C.ClC=C(Cl)Cl. The lowest BCUT2D eigenvalue weighted by molar-refractivity contribution is 2.36. The highest BCUT2D eigenvalue weighted by Crippen LogP contribution is 2.05. The average Bonchev–Trinajstić information content (AvgIpc) is 1.38. The molecule has 0 aliphatic heterocycles. The lowest BCUT2D eigenvalue weighted by Crippen LogP contribution is -1.33. The second-order valence-electron chi connectivity index (χ2n) is 0.399. The van der Waals surface area contributed by atoms with E-state index in [-0.39, 0.29) is 11.9 Å². The van der Waals surface area contributed by atoms with Crippen LogP contribution >= 0.6 is 34.8 Å². The van der Waals surface area contributed by atoms with Gasteiger partial charge in [0.25, 0.3) is 0 Å². The Balaban J connectivity index is 0. The Hall–Kier alpha value is 0.610. The Morgan fingerprint density at radius 1 is 1.33 bits per heavy atom. The van der Waals surface area contributed by atoms with E-state index in [9.17, 15) is 0 Å². The van der Waals surface area contributed by atoms with Gasteiger partial charge in [-0.3, -0.25) is 0 Å². The van der Waals surface area contributed by atoms with Crippen molar-refractivity contribution in [1.29, 1.82) is 0 Å². The van der Waals surface area contributed by atoms with E-state index in [0.717, 1.165) is 5.54 Å². The molecule has 0 bridgehead atoms. The molecule has 0 aromatic rings. The van der Waals surface area contributed by atoms with Gasteiger partial charge in [-0.2, -0.15) is 0 Å². The molecule has 0 fully saturated rings. The Morgan fingerprint density at radius 3 is 1.50 bits per heavy atom. The van der Waals surface area contributed by atoms with Crippen LogP contribution in [0.4, 0.5) is 0 Å². The molecule has 0 aromatic carbocycles. The third kappa shape index (κ3) is 8.82. The normalized spacial score (nSPS) is 5.83. The molecule has 0 atom stereocenters. The summed E-state index contributed by atoms with van der Waals surface area (Å²) in [5.74, 6) is 0. The fourth-order valence-electron chi connectivity index (χ4n) is 0. The van der Waals surface area contributed by atoms with E-state index in [0.29, 0.717) is 0 Å². The van der Waals surface area contributed by atoms with Gasteiger partial charge in [0.2, 0.25) is 0 Å². The molecule has 0 aliphatic rings. The lowest BCUT2D eigenvalue weighted by atomic mass is 11.2. The van der Waals surface area contributed by atoms with Crippen LogP contribution in [0.25, 0.3) is 0 Å². The summed E-state index contributed by atoms with van der Waals surface area (Å²) in [5.41, 5.74) is 1.09. The fourth-order valence-corrected chi connectivity index (χ4v) is 0. The van der Waals surface area contributed by atoms with Crippen molar-refractivity contribution >= 4 is 34.8 Å². The van der Waals surface area contributed by atoms with Gasteiger partial charge in [-0.1, -0.05) is 42.2 Å². The summed E-state index contributed by atoms with van der Waals surface area (Å²) in [5, 5.41) is 0. The van der Waals surface area contributed by atoms with Crippen LogP contribution in [-0.2, 0) is 0 Å². The second kappa shape index (κ2) is 5.61. The molecular weight excluding hydrogens is 142 g/mol. The second-order valence-corrected chi connectivity index (χ2v) is 1.62. The van der Waals surface area contributed by atoms with Crippen molar-refractivity contribution in [2.24, 2.45) is 0 Å². The van der Waals surface area contributed by atoms with Gasteiger partial charge < -0.3 is 0 Å². The van der Waals surface area contributed by atoms with Crippen molar-refractivity contribution in [3.05, 3.63) is 10.0 Å². The highest BCUT2D eigenvalue weighted by Gasteiger charge is 1.70. The van der Waals surface area contributed by atoms with Gasteiger partial charge in [0, 0.05) is 5.54 Å². The van der Waals surface area contributed by atoms with Crippen molar-refractivity contribution in [3.8, 4) is 0 Å². The van der Waals surface area contributed by atoms with Gasteiger partial charge in [-0.25, -0.2) is 0 Å². The van der Waals surface area contributed by atoms with Crippen LogP contribution in [-0.4, -0.2) is 0 Å². The molecule has 0 heterocycles. The van der Waals surface area contributed by atoms with Crippen LogP contribution in [0.5, 0.6) is 0 Å².